The Kier molecular flexibility index (Phi) is 6.46. The normalized spacial score (nSPS) is 20.1. The number of ether oxygens (including phenoxy) is 2. The van der Waals surface area contributed by atoms with E-state index in [2.05, 4.69) is 17.6 Å². The average molecular weight is 334 g/mol. The third-order valence-electron chi connectivity index (χ3n) is 4.55. The van der Waals surface area contributed by atoms with Crippen LogP contribution < -0.4 is 15.4 Å². The summed E-state index contributed by atoms with van der Waals surface area (Å²) in [6.45, 7) is 2.51. The summed E-state index contributed by atoms with van der Waals surface area (Å²) in [6, 6.07) is 5.25. The topological polar surface area (TPSA) is 76.7 Å². The van der Waals surface area contributed by atoms with Crippen molar-refractivity contribution in [3.63, 3.8) is 0 Å². The van der Waals surface area contributed by atoms with Crippen molar-refractivity contribution in [3.8, 4) is 5.75 Å². The molecule has 1 aromatic carbocycles. The van der Waals surface area contributed by atoms with Crippen molar-refractivity contribution in [1.29, 1.82) is 0 Å². The summed E-state index contributed by atoms with van der Waals surface area (Å²) in [5, 5.41) is 5.89. The maximum Gasteiger partial charge on any atom is 0.341 e. The summed E-state index contributed by atoms with van der Waals surface area (Å²) in [5.74, 6) is 0.497. The lowest BCUT2D eigenvalue weighted by Crippen LogP contribution is -2.45. The molecule has 0 aromatic heterocycles. The molecule has 6 heteroatoms. The second-order valence-electron chi connectivity index (χ2n) is 6.22. The van der Waals surface area contributed by atoms with Crippen LogP contribution in [0, 0.1) is 5.92 Å². The Morgan fingerprint density at radius 2 is 1.96 bits per heavy atom. The first-order chi connectivity index (χ1) is 11.5. The average Bonchev–Trinajstić information content (AvgIpc) is 2.61. The van der Waals surface area contributed by atoms with Gasteiger partial charge < -0.3 is 20.1 Å². The number of amides is 2. The van der Waals surface area contributed by atoms with Gasteiger partial charge in [-0.15, -0.1) is 0 Å². The molecule has 0 saturated heterocycles. The fourth-order valence-electron chi connectivity index (χ4n) is 3.07. The van der Waals surface area contributed by atoms with Gasteiger partial charge in [-0.2, -0.15) is 0 Å². The number of carbonyl (C=O) groups is 2. The van der Waals surface area contributed by atoms with Gasteiger partial charge in [-0.05, 0) is 36.5 Å². The minimum atomic E-state index is -0.464. The monoisotopic (exact) mass is 334 g/mol. The Balaban J connectivity index is 1.93. The van der Waals surface area contributed by atoms with Gasteiger partial charge in [-0.1, -0.05) is 25.8 Å². The minimum absolute atomic E-state index is 0.177. The molecule has 6 nitrogen and oxygen atoms in total. The number of nitrogens with one attached hydrogen (secondary N) is 2. The Labute approximate surface area is 142 Å². The van der Waals surface area contributed by atoms with Crippen molar-refractivity contribution >= 4 is 12.0 Å². The maximum atomic E-state index is 12.1. The third kappa shape index (κ3) is 4.63. The highest BCUT2D eigenvalue weighted by molar-refractivity contribution is 5.92. The smallest absolute Gasteiger partial charge is 0.341 e. The molecule has 0 bridgehead atoms. The van der Waals surface area contributed by atoms with Gasteiger partial charge in [0, 0.05) is 12.6 Å². The molecule has 2 N–H and O–H groups in total. The maximum absolute atomic E-state index is 12.1. The van der Waals surface area contributed by atoms with Gasteiger partial charge in [0.25, 0.3) is 0 Å². The predicted octanol–water partition coefficient (Wildman–Crippen LogP) is 2.86. The lowest BCUT2D eigenvalue weighted by atomic mass is 9.86. The van der Waals surface area contributed by atoms with Crippen LogP contribution in [0.3, 0.4) is 0 Å². The molecule has 1 saturated carbocycles. The van der Waals surface area contributed by atoms with Crippen molar-refractivity contribution in [3.05, 3.63) is 29.3 Å². The largest absolute Gasteiger partial charge is 0.496 e. The highest BCUT2D eigenvalue weighted by atomic mass is 16.5. The highest BCUT2D eigenvalue weighted by Crippen LogP contribution is 2.23. The quantitative estimate of drug-likeness (QED) is 0.812. The first kappa shape index (κ1) is 18.1. The Morgan fingerprint density at radius 3 is 2.62 bits per heavy atom. The zero-order chi connectivity index (χ0) is 17.5. The zero-order valence-corrected chi connectivity index (χ0v) is 14.6. The van der Waals surface area contributed by atoms with E-state index in [9.17, 15) is 9.59 Å². The summed E-state index contributed by atoms with van der Waals surface area (Å²) >= 11 is 0. The number of esters is 1. The van der Waals surface area contributed by atoms with Gasteiger partial charge in [-0.25, -0.2) is 9.59 Å². The van der Waals surface area contributed by atoms with Gasteiger partial charge in [0.1, 0.15) is 11.3 Å². The lowest BCUT2D eigenvalue weighted by Gasteiger charge is -2.29. The van der Waals surface area contributed by atoms with E-state index in [1.54, 1.807) is 12.1 Å². The predicted molar refractivity (Wildman–Crippen MR) is 91.1 cm³/mol. The van der Waals surface area contributed by atoms with Crippen molar-refractivity contribution < 1.29 is 19.1 Å². The molecular formula is C18H26N2O4. The molecule has 24 heavy (non-hydrogen) atoms. The number of methoxy groups -OCH3 is 2. The summed E-state index contributed by atoms with van der Waals surface area (Å²) in [4.78, 5) is 23.9. The molecule has 0 radical (unpaired) electrons. The molecule has 132 valence electrons. The van der Waals surface area contributed by atoms with Crippen molar-refractivity contribution in [1.82, 2.24) is 10.6 Å². The summed E-state index contributed by atoms with van der Waals surface area (Å²) < 4.78 is 9.91. The molecule has 0 spiro atoms. The van der Waals surface area contributed by atoms with E-state index in [0.717, 1.165) is 24.8 Å². The Hall–Kier alpha value is -2.24. The van der Waals surface area contributed by atoms with Gasteiger partial charge in [-0.3, -0.25) is 0 Å². The van der Waals surface area contributed by atoms with Crippen molar-refractivity contribution in [2.24, 2.45) is 5.92 Å². The van der Waals surface area contributed by atoms with Crippen LogP contribution in [0.5, 0.6) is 5.75 Å². The number of hydrogen-bond donors (Lipinski definition) is 2. The lowest BCUT2D eigenvalue weighted by molar-refractivity contribution is 0.0597. The SMILES string of the molecule is COC(=O)c1cc(CNC(=O)N[C@H]2CCCC[C@@H]2C)ccc1OC. The van der Waals surface area contributed by atoms with Gasteiger partial charge in [0.15, 0.2) is 0 Å². The first-order valence-electron chi connectivity index (χ1n) is 8.34. The molecule has 1 fully saturated rings. The summed E-state index contributed by atoms with van der Waals surface area (Å²) in [7, 11) is 2.82. The minimum Gasteiger partial charge on any atom is -0.496 e. The molecule has 0 unspecified atom stereocenters. The molecule has 0 heterocycles. The van der Waals surface area contributed by atoms with Crippen LogP contribution in [0.4, 0.5) is 4.79 Å². The van der Waals surface area contributed by atoms with E-state index >= 15 is 0 Å². The standard InChI is InChI=1S/C18H26N2O4/c1-12-6-4-5-7-15(12)20-18(22)19-11-13-8-9-16(23-2)14(10-13)17(21)24-3/h8-10,12,15H,4-7,11H2,1-3H3,(H2,19,20,22)/t12-,15-/m0/s1. The molecular weight excluding hydrogens is 308 g/mol. The van der Waals surface area contributed by atoms with Crippen LogP contribution in [0.15, 0.2) is 18.2 Å². The number of benzene rings is 1. The second kappa shape index (κ2) is 8.57. The van der Waals surface area contributed by atoms with Crippen LogP contribution in [0.1, 0.15) is 48.5 Å². The third-order valence-corrected chi connectivity index (χ3v) is 4.55. The van der Waals surface area contributed by atoms with Crippen molar-refractivity contribution in [2.75, 3.05) is 14.2 Å². The fraction of sp³-hybridized carbons (Fsp3) is 0.556. The van der Waals surface area contributed by atoms with Crippen molar-refractivity contribution in [2.45, 2.75) is 45.2 Å². The van der Waals surface area contributed by atoms with Gasteiger partial charge in [0.05, 0.1) is 14.2 Å². The molecule has 2 amide bonds. The van der Waals surface area contributed by atoms with E-state index in [1.165, 1.54) is 20.6 Å². The van der Waals surface area contributed by atoms with E-state index in [1.807, 2.05) is 6.07 Å². The van der Waals surface area contributed by atoms with E-state index in [0.29, 0.717) is 23.8 Å². The summed E-state index contributed by atoms with van der Waals surface area (Å²) in [6.07, 6.45) is 4.59. The molecule has 0 aliphatic heterocycles. The summed E-state index contributed by atoms with van der Waals surface area (Å²) in [5.41, 5.74) is 1.16. The second-order valence-corrected chi connectivity index (χ2v) is 6.22. The van der Waals surface area contributed by atoms with E-state index in [-0.39, 0.29) is 12.1 Å². The van der Waals surface area contributed by atoms with Crippen LogP contribution >= 0.6 is 0 Å². The van der Waals surface area contributed by atoms with Crippen LogP contribution in [0.25, 0.3) is 0 Å². The molecule has 1 aliphatic rings. The molecule has 1 aliphatic carbocycles. The van der Waals surface area contributed by atoms with Crippen LogP contribution in [-0.4, -0.2) is 32.3 Å². The van der Waals surface area contributed by atoms with Gasteiger partial charge >= 0.3 is 12.0 Å². The van der Waals surface area contributed by atoms with Crippen LogP contribution in [0.2, 0.25) is 0 Å². The Morgan fingerprint density at radius 1 is 1.21 bits per heavy atom. The number of rotatable bonds is 5. The number of carbonyl (C=O) groups excluding carboxylic acids is 2. The van der Waals surface area contributed by atoms with Crippen LogP contribution in [-0.2, 0) is 11.3 Å². The molecule has 2 atom stereocenters. The fourth-order valence-corrected chi connectivity index (χ4v) is 3.07. The number of urea groups is 1. The van der Waals surface area contributed by atoms with Gasteiger partial charge in [0.2, 0.25) is 0 Å². The molecule has 1 aromatic rings. The zero-order valence-electron chi connectivity index (χ0n) is 14.6. The molecule has 2 rings (SSSR count). The first-order valence-corrected chi connectivity index (χ1v) is 8.34. The number of hydrogen-bond acceptors (Lipinski definition) is 4. The van der Waals surface area contributed by atoms with E-state index in [4.69, 9.17) is 9.47 Å². The Bertz CT molecular complexity index is 588. The van der Waals surface area contributed by atoms with E-state index < -0.39 is 5.97 Å². The highest BCUT2D eigenvalue weighted by Gasteiger charge is 2.22.